The van der Waals surface area contributed by atoms with E-state index in [0.29, 0.717) is 48.9 Å². The zero-order chi connectivity index (χ0) is 28.3. The summed E-state index contributed by atoms with van der Waals surface area (Å²) in [5.74, 6) is 0.407. The predicted octanol–water partition coefficient (Wildman–Crippen LogP) is 4.59. The smallest absolute Gasteiger partial charge is 0.254 e. The molecule has 2 aliphatic heterocycles. The second kappa shape index (κ2) is 11.4. The third kappa shape index (κ3) is 5.63. The number of carbonyl (C=O) groups excluding carboxylic acids is 2. The van der Waals surface area contributed by atoms with Gasteiger partial charge in [0.25, 0.3) is 5.91 Å². The molecular formula is C30H27N7O3S. The minimum atomic E-state index is -0.294. The molecule has 10 nitrogen and oxygen atoms in total. The molecule has 0 spiro atoms. The van der Waals surface area contributed by atoms with Crippen molar-refractivity contribution in [2.45, 2.75) is 12.8 Å². The zero-order valence-corrected chi connectivity index (χ0v) is 23.0. The summed E-state index contributed by atoms with van der Waals surface area (Å²) in [7, 11) is 0. The lowest BCUT2D eigenvalue weighted by Gasteiger charge is -2.26. The van der Waals surface area contributed by atoms with Gasteiger partial charge in [-0.3, -0.25) is 9.59 Å². The highest BCUT2D eigenvalue weighted by Gasteiger charge is 2.23. The number of fused-ring (bicyclic) bond motifs is 1. The van der Waals surface area contributed by atoms with Crippen molar-refractivity contribution < 1.29 is 14.3 Å². The summed E-state index contributed by atoms with van der Waals surface area (Å²) < 4.78 is 6.56. The molecule has 0 fully saturated rings. The average molecular weight is 566 g/mol. The van der Waals surface area contributed by atoms with Crippen molar-refractivity contribution in [1.82, 2.24) is 24.8 Å². The molecule has 1 aromatic carbocycles. The number of nitrogen functional groups attached to an aromatic ring is 1. The predicted molar refractivity (Wildman–Crippen MR) is 160 cm³/mol. The van der Waals surface area contributed by atoms with Gasteiger partial charge in [0.2, 0.25) is 11.9 Å². The SMILES string of the molecule is C=CC(=O)Nc1ccc(C(=O)N2CC=C(c3cc4nc(-c5cnc(N)nc5)nc(C5=CCOCC5)c4s3)CC2)cc1. The summed E-state index contributed by atoms with van der Waals surface area (Å²) in [6, 6.07) is 8.98. The van der Waals surface area contributed by atoms with Crippen LogP contribution in [0.5, 0.6) is 0 Å². The minimum Gasteiger partial charge on any atom is -0.377 e. The summed E-state index contributed by atoms with van der Waals surface area (Å²) in [6.07, 6.45) is 10.2. The van der Waals surface area contributed by atoms with Crippen molar-refractivity contribution in [3.05, 3.63) is 83.7 Å². The Labute approximate surface area is 240 Å². The highest BCUT2D eigenvalue weighted by molar-refractivity contribution is 7.20. The lowest BCUT2D eigenvalue weighted by molar-refractivity contribution is -0.111. The molecule has 0 atom stereocenters. The fourth-order valence-corrected chi connectivity index (χ4v) is 5.97. The van der Waals surface area contributed by atoms with Crippen molar-refractivity contribution in [2.24, 2.45) is 0 Å². The van der Waals surface area contributed by atoms with Crippen molar-refractivity contribution in [2.75, 3.05) is 37.4 Å². The maximum absolute atomic E-state index is 13.1. The first-order valence-corrected chi connectivity index (χ1v) is 14.0. The monoisotopic (exact) mass is 565 g/mol. The molecule has 41 heavy (non-hydrogen) atoms. The molecule has 0 unspecified atom stereocenters. The number of rotatable bonds is 6. The lowest BCUT2D eigenvalue weighted by atomic mass is 10.0. The largest absolute Gasteiger partial charge is 0.377 e. The molecule has 3 N–H and O–H groups in total. The maximum Gasteiger partial charge on any atom is 0.254 e. The van der Waals surface area contributed by atoms with Gasteiger partial charge in [-0.15, -0.1) is 11.3 Å². The fourth-order valence-electron chi connectivity index (χ4n) is 4.78. The summed E-state index contributed by atoms with van der Waals surface area (Å²) >= 11 is 1.67. The van der Waals surface area contributed by atoms with Gasteiger partial charge >= 0.3 is 0 Å². The van der Waals surface area contributed by atoms with Gasteiger partial charge in [0.05, 0.1) is 34.7 Å². The Bertz CT molecular complexity index is 1710. The number of nitrogens with zero attached hydrogens (tertiary/aromatic N) is 5. The van der Waals surface area contributed by atoms with E-state index in [1.165, 1.54) is 11.6 Å². The highest BCUT2D eigenvalue weighted by Crippen LogP contribution is 2.38. The van der Waals surface area contributed by atoms with Crippen LogP contribution in [0.2, 0.25) is 0 Å². The second-order valence-electron chi connectivity index (χ2n) is 9.61. The molecule has 5 heterocycles. The molecule has 3 aromatic heterocycles. The third-order valence-electron chi connectivity index (χ3n) is 6.97. The second-order valence-corrected chi connectivity index (χ2v) is 10.7. The number of thiophene rings is 1. The number of benzene rings is 1. The number of hydrogen-bond acceptors (Lipinski definition) is 9. The van der Waals surface area contributed by atoms with Crippen LogP contribution < -0.4 is 11.1 Å². The molecule has 0 saturated heterocycles. The molecule has 4 aromatic rings. The van der Waals surface area contributed by atoms with E-state index in [-0.39, 0.29) is 17.8 Å². The Balaban J connectivity index is 1.26. The van der Waals surface area contributed by atoms with Gasteiger partial charge in [0.15, 0.2) is 5.82 Å². The van der Waals surface area contributed by atoms with Crippen LogP contribution in [0.4, 0.5) is 11.6 Å². The van der Waals surface area contributed by atoms with Crippen molar-refractivity contribution in [3.63, 3.8) is 0 Å². The van der Waals surface area contributed by atoms with Gasteiger partial charge in [0, 0.05) is 41.6 Å². The van der Waals surface area contributed by atoms with Gasteiger partial charge in [-0.05, 0) is 60.4 Å². The van der Waals surface area contributed by atoms with Gasteiger partial charge in [0.1, 0.15) is 0 Å². The quantitative estimate of drug-likeness (QED) is 0.324. The third-order valence-corrected chi connectivity index (χ3v) is 8.17. The van der Waals surface area contributed by atoms with Crippen LogP contribution in [0.1, 0.15) is 33.8 Å². The van der Waals surface area contributed by atoms with Gasteiger partial charge < -0.3 is 20.7 Å². The number of ether oxygens (including phenoxy) is 1. The van der Waals surface area contributed by atoms with Crippen LogP contribution in [0, 0.1) is 0 Å². The van der Waals surface area contributed by atoms with Crippen LogP contribution >= 0.6 is 11.3 Å². The Morgan fingerprint density at radius 1 is 1.07 bits per heavy atom. The number of aromatic nitrogens is 4. The topological polar surface area (TPSA) is 136 Å². The van der Waals surface area contributed by atoms with Crippen molar-refractivity contribution in [1.29, 1.82) is 0 Å². The molecule has 0 bridgehead atoms. The number of carbonyl (C=O) groups is 2. The molecule has 11 heteroatoms. The first-order chi connectivity index (χ1) is 20.0. The van der Waals surface area contributed by atoms with Crippen LogP contribution in [0.3, 0.4) is 0 Å². The molecular weight excluding hydrogens is 538 g/mol. The lowest BCUT2D eigenvalue weighted by Crippen LogP contribution is -2.34. The van der Waals surface area contributed by atoms with E-state index in [4.69, 9.17) is 20.4 Å². The van der Waals surface area contributed by atoms with Crippen LogP contribution in [-0.2, 0) is 9.53 Å². The average Bonchev–Trinajstić information content (AvgIpc) is 3.46. The van der Waals surface area contributed by atoms with E-state index >= 15 is 0 Å². The molecule has 0 radical (unpaired) electrons. The van der Waals surface area contributed by atoms with E-state index in [2.05, 4.69) is 40.1 Å². The summed E-state index contributed by atoms with van der Waals surface area (Å²) in [5.41, 5.74) is 11.7. The van der Waals surface area contributed by atoms with Gasteiger partial charge in [-0.25, -0.2) is 19.9 Å². The molecule has 206 valence electrons. The van der Waals surface area contributed by atoms with Crippen LogP contribution in [-0.4, -0.2) is 63.0 Å². The maximum atomic E-state index is 13.1. The molecule has 2 aliphatic rings. The molecule has 0 aliphatic carbocycles. The Morgan fingerprint density at radius 2 is 1.88 bits per heavy atom. The number of anilines is 2. The first-order valence-electron chi connectivity index (χ1n) is 13.2. The van der Waals surface area contributed by atoms with E-state index in [9.17, 15) is 9.59 Å². The molecule has 2 amide bonds. The number of nitrogens with one attached hydrogen (secondary N) is 1. The van der Waals surface area contributed by atoms with Crippen molar-refractivity contribution >= 4 is 56.1 Å². The van der Waals surface area contributed by atoms with Crippen LogP contribution in [0.25, 0.3) is 32.8 Å². The number of amides is 2. The van der Waals surface area contributed by atoms with E-state index in [1.807, 2.05) is 4.90 Å². The minimum absolute atomic E-state index is 0.0480. The van der Waals surface area contributed by atoms with Crippen molar-refractivity contribution in [3.8, 4) is 11.4 Å². The Hall–Kier alpha value is -4.74. The summed E-state index contributed by atoms with van der Waals surface area (Å²) in [4.78, 5) is 45.6. The highest BCUT2D eigenvalue weighted by atomic mass is 32.1. The van der Waals surface area contributed by atoms with E-state index < -0.39 is 0 Å². The Morgan fingerprint density at radius 3 is 2.56 bits per heavy atom. The molecule has 6 rings (SSSR count). The Kier molecular flexibility index (Phi) is 7.36. The first kappa shape index (κ1) is 26.5. The summed E-state index contributed by atoms with van der Waals surface area (Å²) in [5, 5.41) is 2.69. The standard InChI is InChI=1S/C30H27N7O3S/c1-2-25(38)34-22-5-3-20(4-6-22)29(39)37-11-7-18(8-12-37)24-15-23-27(41-24)26(19-9-13-40-14-10-19)36-28(35-23)21-16-32-30(31)33-17-21/h2-7,9,15-17H,1,8,10-14H2,(H,34,38)(H2,31,32,33). The zero-order valence-electron chi connectivity index (χ0n) is 22.2. The van der Waals surface area contributed by atoms with Gasteiger partial charge in [-0.2, -0.15) is 0 Å². The number of nitrogens with two attached hydrogens (primary N) is 1. The number of hydrogen-bond donors (Lipinski definition) is 2. The fraction of sp³-hybridized carbons (Fsp3) is 0.200. The van der Waals surface area contributed by atoms with Crippen LogP contribution in [0.15, 0.2) is 67.5 Å². The van der Waals surface area contributed by atoms with Gasteiger partial charge in [-0.1, -0.05) is 18.7 Å². The summed E-state index contributed by atoms with van der Waals surface area (Å²) in [6.45, 7) is 5.76. The molecule has 0 saturated carbocycles. The van der Waals surface area contributed by atoms with E-state index in [0.717, 1.165) is 39.2 Å². The normalized spacial score (nSPS) is 15.3. The van der Waals surface area contributed by atoms with E-state index in [1.54, 1.807) is 48.0 Å².